The van der Waals surface area contributed by atoms with Gasteiger partial charge >= 0.3 is 49.4 Å². The summed E-state index contributed by atoms with van der Waals surface area (Å²) in [7, 11) is 0. The van der Waals surface area contributed by atoms with Gasteiger partial charge in [0.05, 0.1) is 0 Å². The van der Waals surface area contributed by atoms with Crippen LogP contribution in [0.15, 0.2) is 0 Å². The van der Waals surface area contributed by atoms with Gasteiger partial charge in [-0.15, -0.1) is 0 Å². The minimum atomic E-state index is -0.545. The molecule has 0 aliphatic carbocycles. The number of carbonyl (C=O) groups is 1. The Morgan fingerprint density at radius 1 is 1.83 bits per heavy atom. The van der Waals surface area contributed by atoms with Crippen molar-refractivity contribution in [2.45, 2.75) is 0 Å². The molecule has 0 rings (SSSR count). The van der Waals surface area contributed by atoms with Crippen molar-refractivity contribution >= 4 is 33.8 Å². The van der Waals surface area contributed by atoms with E-state index in [2.05, 4.69) is 0 Å². The number of carboxylic acid groups (broad SMARTS) is 1. The van der Waals surface area contributed by atoms with Crippen LogP contribution >= 0.6 is 0 Å². The summed E-state index contributed by atoms with van der Waals surface area (Å²) >= 11 is 0.245. The van der Waals surface area contributed by atoms with Crippen LogP contribution in [-0.4, -0.2) is 38.9 Å². The van der Waals surface area contributed by atoms with Crippen molar-refractivity contribution in [2.24, 2.45) is 0 Å². The standard InChI is InChI=1S/CH2AsO2.Al.Cd.3H/c2-1(3)4;;;;;/h2H,(H,3,4);;;;;/q-1;;+1;;;. The first-order valence-corrected chi connectivity index (χ1v) is 14.1. The number of hydrogen-bond acceptors (Lipinski definition) is 1. The van der Waals surface area contributed by atoms with Crippen LogP contribution < -0.4 is 0 Å². The summed E-state index contributed by atoms with van der Waals surface area (Å²) in [5, 5.41) is 7.82. The van der Waals surface area contributed by atoms with E-state index in [1.165, 1.54) is 0 Å². The minimum Gasteiger partial charge on any atom is 0.187 e. The fourth-order valence-electron chi connectivity index (χ4n) is 0. The largest absolute Gasteiger partial charge is 0.187 e. The zero-order chi connectivity index (χ0) is 4.28. The molecule has 5 heteroatoms. The summed E-state index contributed by atoms with van der Waals surface area (Å²) in [6.07, 6.45) is 0. The van der Waals surface area contributed by atoms with Crippen molar-refractivity contribution in [1.29, 1.82) is 0 Å². The summed E-state index contributed by atoms with van der Waals surface area (Å²) in [6, 6.07) is 0. The SMILES string of the molecule is O=C(O)[AsH][Cd].[AlH3]. The summed E-state index contributed by atoms with van der Waals surface area (Å²) in [5.41, 5.74) is 0. The van der Waals surface area contributed by atoms with Crippen molar-refractivity contribution in [2.75, 3.05) is 0 Å². The molecule has 1 atom stereocenters. The Morgan fingerprint density at radius 2 is 2.00 bits per heavy atom. The zero-order valence-corrected chi connectivity index (χ0v) is 8.70. The maximum atomic E-state index is 9.47. The van der Waals surface area contributed by atoms with Gasteiger partial charge in [-0.25, -0.2) is 0 Å². The Morgan fingerprint density at radius 3 is 2.00 bits per heavy atom. The van der Waals surface area contributed by atoms with Crippen molar-refractivity contribution in [3.05, 3.63) is 0 Å². The molecule has 0 aromatic heterocycles. The van der Waals surface area contributed by atoms with Crippen LogP contribution in [0.3, 0.4) is 0 Å². The Bertz CT molecular complexity index is 48.8. The van der Waals surface area contributed by atoms with E-state index in [4.69, 9.17) is 5.11 Å². The Labute approximate surface area is 66.1 Å². The minimum absolute atomic E-state index is 0. The van der Waals surface area contributed by atoms with Gasteiger partial charge in [0.1, 0.15) is 0 Å². The molecule has 0 aromatic rings. The molecular weight excluding hydrogens is 258 g/mol. The van der Waals surface area contributed by atoms with E-state index in [0.717, 1.165) is 0 Å². The molecule has 31 valence electrons. The molecular formula is CH5AlAsCdO2. The summed E-state index contributed by atoms with van der Waals surface area (Å²) < 4.78 is -0.545. The maximum absolute atomic E-state index is 9.47. The molecule has 0 saturated carbocycles. The average Bonchev–Trinajstić information content (AvgIpc) is 1.38. The predicted octanol–water partition coefficient (Wildman–Crippen LogP) is -1.62. The molecule has 0 saturated heterocycles. The molecule has 0 fully saturated rings. The van der Waals surface area contributed by atoms with Gasteiger partial charge in [-0.3, -0.25) is 0 Å². The van der Waals surface area contributed by atoms with Crippen LogP contribution in [0.4, 0.5) is 4.79 Å². The number of rotatable bonds is 1. The second-order valence-corrected chi connectivity index (χ2v) is 7.36. The fourth-order valence-corrected chi connectivity index (χ4v) is 0. The fraction of sp³-hybridized carbons (Fsp3) is 0. The van der Waals surface area contributed by atoms with E-state index >= 15 is 0 Å². The zero-order valence-electron chi connectivity index (χ0n) is 2.56. The van der Waals surface area contributed by atoms with Crippen LogP contribution in [0.2, 0.25) is 0 Å². The second kappa shape index (κ2) is 6.48. The molecule has 0 heterocycles. The third-order valence-corrected chi connectivity index (χ3v) is 5.27. The Hall–Kier alpha value is 1.48. The van der Waals surface area contributed by atoms with Crippen molar-refractivity contribution < 1.29 is 33.0 Å². The predicted molar refractivity (Wildman–Crippen MR) is 25.1 cm³/mol. The van der Waals surface area contributed by atoms with E-state index in [0.29, 0.717) is 23.1 Å². The Balaban J connectivity index is 0. The van der Waals surface area contributed by atoms with Crippen LogP contribution in [0.1, 0.15) is 0 Å². The first-order valence-electron chi connectivity index (χ1n) is 1.03. The monoisotopic (exact) mass is 265 g/mol. The molecule has 0 aliphatic rings. The maximum Gasteiger partial charge on any atom is 0.187 e. The molecule has 6 heavy (non-hydrogen) atoms. The Kier molecular flexibility index (Phi) is 11.3. The first kappa shape index (κ1) is 10.5. The van der Waals surface area contributed by atoms with Crippen molar-refractivity contribution in [3.8, 4) is 0 Å². The normalized spacial score (nSPS) is 8.33. The smallest absolute Gasteiger partial charge is 0.187 e. The quantitative estimate of drug-likeness (QED) is 0.577. The van der Waals surface area contributed by atoms with E-state index < -0.39 is 16.4 Å². The van der Waals surface area contributed by atoms with Crippen LogP contribution in [0.25, 0.3) is 0 Å². The molecule has 0 amide bonds. The van der Waals surface area contributed by atoms with Crippen molar-refractivity contribution in [3.63, 3.8) is 0 Å². The molecule has 0 aliphatic heterocycles. The van der Waals surface area contributed by atoms with Crippen LogP contribution in [0.5, 0.6) is 0 Å². The van der Waals surface area contributed by atoms with Gasteiger partial charge in [-0.1, -0.05) is 0 Å². The summed E-state index contributed by atoms with van der Waals surface area (Å²) in [4.78, 5) is 9.47. The van der Waals surface area contributed by atoms with Gasteiger partial charge in [-0.05, 0) is 0 Å². The van der Waals surface area contributed by atoms with E-state index in [-0.39, 0.29) is 17.4 Å². The first-order chi connectivity index (χ1) is 2.27. The van der Waals surface area contributed by atoms with E-state index in [1.54, 1.807) is 0 Å². The molecule has 2 nitrogen and oxygen atoms in total. The third kappa shape index (κ3) is 9.08. The van der Waals surface area contributed by atoms with Gasteiger partial charge in [0.15, 0.2) is 17.4 Å². The van der Waals surface area contributed by atoms with Crippen LogP contribution in [0, 0.1) is 0 Å². The second-order valence-electron chi connectivity index (χ2n) is 0.482. The van der Waals surface area contributed by atoms with Gasteiger partial charge in [0.2, 0.25) is 0 Å². The topological polar surface area (TPSA) is 37.3 Å². The van der Waals surface area contributed by atoms with Gasteiger partial charge < -0.3 is 0 Å². The van der Waals surface area contributed by atoms with E-state index in [1.807, 2.05) is 0 Å². The van der Waals surface area contributed by atoms with E-state index in [9.17, 15) is 4.79 Å². The van der Waals surface area contributed by atoms with Gasteiger partial charge in [0.25, 0.3) is 0 Å². The van der Waals surface area contributed by atoms with Gasteiger partial charge in [0, 0.05) is 0 Å². The molecule has 0 aromatic carbocycles. The average molecular weight is 263 g/mol. The van der Waals surface area contributed by atoms with Crippen molar-refractivity contribution in [1.82, 2.24) is 0 Å². The van der Waals surface area contributed by atoms with Crippen LogP contribution in [-0.2, 0) is 23.1 Å². The molecule has 1 unspecified atom stereocenters. The number of hydrogen-bond donors (Lipinski definition) is 1. The summed E-state index contributed by atoms with van der Waals surface area (Å²) in [6.45, 7) is 0. The molecule has 0 spiro atoms. The summed E-state index contributed by atoms with van der Waals surface area (Å²) in [5.74, 6) is 0. The van der Waals surface area contributed by atoms with Gasteiger partial charge in [-0.2, -0.15) is 0 Å². The molecule has 0 radical (unpaired) electrons. The molecule has 1 N–H and O–H groups in total. The molecule has 0 bridgehead atoms. The third-order valence-electron chi connectivity index (χ3n) is 0.151.